The Bertz CT molecular complexity index is 819. The van der Waals surface area contributed by atoms with Crippen LogP contribution in [-0.4, -0.2) is 59.2 Å². The maximum atomic E-state index is 12.5. The van der Waals surface area contributed by atoms with Crippen LogP contribution in [0.4, 0.5) is 4.79 Å². The van der Waals surface area contributed by atoms with Crippen molar-refractivity contribution in [2.45, 2.75) is 51.6 Å². The Labute approximate surface area is 175 Å². The van der Waals surface area contributed by atoms with Gasteiger partial charge < -0.3 is 15.4 Å². The Hall–Kier alpha value is -3.23. The molecular formula is C21H27N3O6. The van der Waals surface area contributed by atoms with Gasteiger partial charge in [0.25, 0.3) is 11.8 Å². The third-order valence-electron chi connectivity index (χ3n) is 5.21. The van der Waals surface area contributed by atoms with Gasteiger partial charge in [0.15, 0.2) is 12.4 Å². The quantitative estimate of drug-likeness (QED) is 0.432. The van der Waals surface area contributed by atoms with Crippen molar-refractivity contribution in [1.82, 2.24) is 15.5 Å². The second-order valence-corrected chi connectivity index (χ2v) is 7.19. The number of esters is 1. The Morgan fingerprint density at radius 2 is 1.77 bits per heavy atom. The number of carbonyl (C=O) groups is 5. The number of rotatable bonds is 10. The van der Waals surface area contributed by atoms with Crippen LogP contribution in [0.3, 0.4) is 0 Å². The van der Waals surface area contributed by atoms with Crippen molar-refractivity contribution < 1.29 is 28.7 Å². The highest BCUT2D eigenvalue weighted by Gasteiger charge is 2.49. The fourth-order valence-corrected chi connectivity index (χ4v) is 3.25. The van der Waals surface area contributed by atoms with Crippen molar-refractivity contribution in [2.24, 2.45) is 0 Å². The standard InChI is InChI=1S/C21H27N3O6/c1-4-21(5-2)19(28)24(20(29)23-21)12-18(27)30-13-17(26)22-16(14(3)25)11-15-9-7-6-8-10-15/h6-10,16H,4-5,11-13H2,1-3H3,(H,22,26)(H,23,29). The minimum Gasteiger partial charge on any atom is -0.454 e. The molecule has 9 heteroatoms. The average Bonchev–Trinajstić information content (AvgIpc) is 2.97. The summed E-state index contributed by atoms with van der Waals surface area (Å²) in [5.74, 6) is -2.25. The zero-order valence-electron chi connectivity index (χ0n) is 17.4. The van der Waals surface area contributed by atoms with E-state index in [1.807, 2.05) is 30.3 Å². The molecule has 0 radical (unpaired) electrons. The molecule has 0 aliphatic carbocycles. The molecule has 9 nitrogen and oxygen atoms in total. The third kappa shape index (κ3) is 5.43. The molecule has 1 saturated heterocycles. The van der Waals surface area contributed by atoms with Crippen LogP contribution in [-0.2, 0) is 30.3 Å². The molecule has 1 aromatic carbocycles. The van der Waals surface area contributed by atoms with Gasteiger partial charge in [-0.05, 0) is 31.7 Å². The van der Waals surface area contributed by atoms with Crippen molar-refractivity contribution in [3.8, 4) is 0 Å². The normalized spacial score (nSPS) is 16.0. The molecule has 4 amide bonds. The lowest BCUT2D eigenvalue weighted by Gasteiger charge is -2.22. The van der Waals surface area contributed by atoms with Gasteiger partial charge in [0, 0.05) is 0 Å². The lowest BCUT2D eigenvalue weighted by molar-refractivity contribution is -0.151. The molecule has 0 saturated carbocycles. The van der Waals surface area contributed by atoms with Crippen molar-refractivity contribution >= 4 is 29.6 Å². The summed E-state index contributed by atoms with van der Waals surface area (Å²) >= 11 is 0. The van der Waals surface area contributed by atoms with E-state index in [-0.39, 0.29) is 5.78 Å². The summed E-state index contributed by atoms with van der Waals surface area (Å²) in [6.45, 7) is 3.71. The summed E-state index contributed by atoms with van der Waals surface area (Å²) in [6.07, 6.45) is 1.11. The minimum atomic E-state index is -1.01. The zero-order chi connectivity index (χ0) is 22.3. The van der Waals surface area contributed by atoms with Gasteiger partial charge >= 0.3 is 12.0 Å². The maximum Gasteiger partial charge on any atom is 0.326 e. The zero-order valence-corrected chi connectivity index (χ0v) is 17.4. The molecule has 162 valence electrons. The number of carbonyl (C=O) groups excluding carboxylic acids is 5. The molecule has 0 spiro atoms. The van der Waals surface area contributed by atoms with E-state index in [0.29, 0.717) is 19.3 Å². The van der Waals surface area contributed by atoms with Gasteiger partial charge in [-0.15, -0.1) is 0 Å². The molecule has 1 aliphatic heterocycles. The average molecular weight is 417 g/mol. The molecule has 1 fully saturated rings. The lowest BCUT2D eigenvalue weighted by atomic mass is 9.93. The number of Topliss-reactive ketones (excluding diaryl/α,β-unsaturated/α-hetero) is 1. The number of imide groups is 1. The van der Waals surface area contributed by atoms with Gasteiger partial charge in [0.1, 0.15) is 12.1 Å². The van der Waals surface area contributed by atoms with Crippen LogP contribution >= 0.6 is 0 Å². The highest BCUT2D eigenvalue weighted by atomic mass is 16.5. The number of nitrogens with zero attached hydrogens (tertiary/aromatic N) is 1. The number of urea groups is 1. The second-order valence-electron chi connectivity index (χ2n) is 7.19. The first kappa shape index (κ1) is 23.1. The number of hydrogen-bond acceptors (Lipinski definition) is 6. The molecule has 0 aromatic heterocycles. The van der Waals surface area contributed by atoms with E-state index in [1.54, 1.807) is 13.8 Å². The Balaban J connectivity index is 1.86. The van der Waals surface area contributed by atoms with Crippen molar-refractivity contribution in [3.05, 3.63) is 35.9 Å². The van der Waals surface area contributed by atoms with Crippen LogP contribution in [0.1, 0.15) is 39.2 Å². The molecular weight excluding hydrogens is 390 g/mol. The van der Waals surface area contributed by atoms with Crippen LogP contribution in [0.15, 0.2) is 30.3 Å². The summed E-state index contributed by atoms with van der Waals surface area (Å²) in [7, 11) is 0. The Morgan fingerprint density at radius 1 is 1.13 bits per heavy atom. The van der Waals surface area contributed by atoms with Gasteiger partial charge in [0.2, 0.25) is 0 Å². The highest BCUT2D eigenvalue weighted by molar-refractivity contribution is 6.08. The van der Waals surface area contributed by atoms with Crippen LogP contribution in [0.5, 0.6) is 0 Å². The van der Waals surface area contributed by atoms with Crippen molar-refractivity contribution in [3.63, 3.8) is 0 Å². The first-order valence-electron chi connectivity index (χ1n) is 9.86. The van der Waals surface area contributed by atoms with Crippen LogP contribution < -0.4 is 10.6 Å². The SMILES string of the molecule is CCC1(CC)NC(=O)N(CC(=O)OCC(=O)NC(Cc2ccccc2)C(C)=O)C1=O. The van der Waals surface area contributed by atoms with Crippen LogP contribution in [0.25, 0.3) is 0 Å². The van der Waals surface area contributed by atoms with E-state index < -0.39 is 48.5 Å². The smallest absolute Gasteiger partial charge is 0.326 e. The predicted octanol–water partition coefficient (Wildman–Crippen LogP) is 0.957. The summed E-state index contributed by atoms with van der Waals surface area (Å²) in [5, 5.41) is 5.15. The van der Waals surface area contributed by atoms with E-state index >= 15 is 0 Å². The molecule has 1 heterocycles. The monoisotopic (exact) mass is 417 g/mol. The van der Waals surface area contributed by atoms with Gasteiger partial charge in [-0.1, -0.05) is 44.2 Å². The van der Waals surface area contributed by atoms with E-state index in [4.69, 9.17) is 4.74 Å². The molecule has 2 rings (SSSR count). The summed E-state index contributed by atoms with van der Waals surface area (Å²) < 4.78 is 4.89. The van der Waals surface area contributed by atoms with Crippen LogP contribution in [0.2, 0.25) is 0 Å². The Morgan fingerprint density at radius 3 is 2.30 bits per heavy atom. The van der Waals surface area contributed by atoms with Crippen molar-refractivity contribution in [2.75, 3.05) is 13.2 Å². The largest absolute Gasteiger partial charge is 0.454 e. The number of ether oxygens (including phenoxy) is 1. The van der Waals surface area contributed by atoms with E-state index in [1.165, 1.54) is 6.92 Å². The summed E-state index contributed by atoms with van der Waals surface area (Å²) in [4.78, 5) is 61.3. The fourth-order valence-electron chi connectivity index (χ4n) is 3.25. The van der Waals surface area contributed by atoms with Gasteiger partial charge in [-0.25, -0.2) is 4.79 Å². The second kappa shape index (κ2) is 10.00. The third-order valence-corrected chi connectivity index (χ3v) is 5.21. The number of amides is 4. The fraction of sp³-hybridized carbons (Fsp3) is 0.476. The van der Waals surface area contributed by atoms with Gasteiger partial charge in [-0.2, -0.15) is 0 Å². The molecule has 30 heavy (non-hydrogen) atoms. The number of nitrogens with one attached hydrogen (secondary N) is 2. The molecule has 2 N–H and O–H groups in total. The number of hydrogen-bond donors (Lipinski definition) is 2. The van der Waals surface area contributed by atoms with Gasteiger partial charge in [0.05, 0.1) is 6.04 Å². The van der Waals surface area contributed by atoms with E-state index in [0.717, 1.165) is 10.5 Å². The van der Waals surface area contributed by atoms with Gasteiger partial charge in [-0.3, -0.25) is 24.1 Å². The molecule has 1 aliphatic rings. The Kier molecular flexibility index (Phi) is 7.68. The van der Waals surface area contributed by atoms with E-state index in [9.17, 15) is 24.0 Å². The number of ketones is 1. The first-order valence-corrected chi connectivity index (χ1v) is 9.86. The summed E-state index contributed by atoms with van der Waals surface area (Å²) in [5.41, 5.74) is -0.134. The minimum absolute atomic E-state index is 0.228. The molecule has 0 bridgehead atoms. The van der Waals surface area contributed by atoms with Crippen molar-refractivity contribution in [1.29, 1.82) is 0 Å². The summed E-state index contributed by atoms with van der Waals surface area (Å²) in [6, 6.07) is 7.78. The number of benzene rings is 1. The molecule has 1 aromatic rings. The molecule has 1 unspecified atom stereocenters. The van der Waals surface area contributed by atoms with E-state index in [2.05, 4.69) is 10.6 Å². The predicted molar refractivity (Wildman–Crippen MR) is 107 cm³/mol. The maximum absolute atomic E-state index is 12.5. The first-order chi connectivity index (χ1) is 14.2. The van der Waals surface area contributed by atoms with Crippen LogP contribution in [0, 0.1) is 0 Å². The molecule has 1 atom stereocenters. The lowest BCUT2D eigenvalue weighted by Crippen LogP contribution is -2.46. The topological polar surface area (TPSA) is 122 Å². The highest BCUT2D eigenvalue weighted by Crippen LogP contribution is 2.24.